The molecular formula is C11H16N2O. The maximum absolute atomic E-state index is 5.42. The molecule has 2 saturated heterocycles. The lowest BCUT2D eigenvalue weighted by atomic mass is 9.73. The Morgan fingerprint density at radius 2 is 2.36 bits per heavy atom. The molecule has 14 heavy (non-hydrogen) atoms. The third-order valence-corrected chi connectivity index (χ3v) is 3.62. The number of H-pyrrole nitrogens is 1. The van der Waals surface area contributed by atoms with Crippen LogP contribution in [0.4, 0.5) is 0 Å². The molecule has 3 nitrogen and oxygen atoms in total. The summed E-state index contributed by atoms with van der Waals surface area (Å²) in [6, 6.07) is 2.80. The van der Waals surface area contributed by atoms with Crippen molar-refractivity contribution >= 4 is 0 Å². The van der Waals surface area contributed by atoms with E-state index < -0.39 is 0 Å². The number of aromatic nitrogens is 1. The van der Waals surface area contributed by atoms with Gasteiger partial charge in [-0.2, -0.15) is 0 Å². The predicted molar refractivity (Wildman–Crippen MR) is 54.3 cm³/mol. The van der Waals surface area contributed by atoms with Crippen molar-refractivity contribution in [3.8, 4) is 0 Å². The summed E-state index contributed by atoms with van der Waals surface area (Å²) >= 11 is 0. The van der Waals surface area contributed by atoms with Crippen molar-refractivity contribution in [2.24, 2.45) is 0 Å². The molecule has 2 aliphatic heterocycles. The standard InChI is InChI=1S/C11H16N2O/c1-2-10(13-4-1)11(7-14-8-11)9-3-5-12-6-9/h3,5-6,10,12-13H,1-2,4,7-8H2. The highest BCUT2D eigenvalue weighted by atomic mass is 16.5. The van der Waals surface area contributed by atoms with E-state index in [1.54, 1.807) is 0 Å². The van der Waals surface area contributed by atoms with Gasteiger partial charge in [-0.3, -0.25) is 0 Å². The molecule has 76 valence electrons. The van der Waals surface area contributed by atoms with Crippen LogP contribution < -0.4 is 5.32 Å². The zero-order valence-electron chi connectivity index (χ0n) is 8.25. The van der Waals surface area contributed by atoms with Crippen LogP contribution in [0.1, 0.15) is 18.4 Å². The SMILES string of the molecule is c1cc(C2(C3CCCN3)COC2)c[nH]1. The number of rotatable bonds is 2. The van der Waals surface area contributed by atoms with Gasteiger partial charge in [0, 0.05) is 18.4 Å². The van der Waals surface area contributed by atoms with Crippen molar-refractivity contribution in [2.75, 3.05) is 19.8 Å². The first kappa shape index (κ1) is 8.50. The number of hydrogen-bond donors (Lipinski definition) is 2. The van der Waals surface area contributed by atoms with Crippen molar-refractivity contribution in [1.82, 2.24) is 10.3 Å². The molecule has 1 atom stereocenters. The van der Waals surface area contributed by atoms with E-state index in [1.165, 1.54) is 18.4 Å². The van der Waals surface area contributed by atoms with Crippen molar-refractivity contribution in [2.45, 2.75) is 24.3 Å². The first-order valence-corrected chi connectivity index (χ1v) is 5.36. The van der Waals surface area contributed by atoms with E-state index in [2.05, 4.69) is 22.6 Å². The third-order valence-electron chi connectivity index (χ3n) is 3.62. The minimum Gasteiger partial charge on any atom is -0.379 e. The van der Waals surface area contributed by atoms with Gasteiger partial charge in [0.2, 0.25) is 0 Å². The maximum Gasteiger partial charge on any atom is 0.0601 e. The number of hydrogen-bond acceptors (Lipinski definition) is 2. The summed E-state index contributed by atoms with van der Waals surface area (Å²) in [5.41, 5.74) is 1.67. The topological polar surface area (TPSA) is 37.0 Å². The Hall–Kier alpha value is -0.800. The van der Waals surface area contributed by atoms with Crippen LogP contribution in [0.25, 0.3) is 0 Å². The summed E-state index contributed by atoms with van der Waals surface area (Å²) in [5.74, 6) is 0. The lowest BCUT2D eigenvalue weighted by Gasteiger charge is -2.45. The van der Waals surface area contributed by atoms with Crippen molar-refractivity contribution in [1.29, 1.82) is 0 Å². The fourth-order valence-corrected chi connectivity index (χ4v) is 2.68. The Morgan fingerprint density at radius 1 is 1.43 bits per heavy atom. The van der Waals surface area contributed by atoms with Crippen LogP contribution in [-0.2, 0) is 10.2 Å². The lowest BCUT2D eigenvalue weighted by molar-refractivity contribution is -0.0760. The van der Waals surface area contributed by atoms with Gasteiger partial charge in [0.05, 0.1) is 18.6 Å². The predicted octanol–water partition coefficient (Wildman–Crippen LogP) is 1.03. The molecule has 3 heteroatoms. The lowest BCUT2D eigenvalue weighted by Crippen LogP contribution is -2.58. The highest BCUT2D eigenvalue weighted by Gasteiger charge is 2.48. The molecule has 0 radical (unpaired) electrons. The second-order valence-corrected chi connectivity index (χ2v) is 4.40. The summed E-state index contributed by atoms with van der Waals surface area (Å²) in [4.78, 5) is 3.14. The van der Waals surface area contributed by atoms with E-state index in [-0.39, 0.29) is 5.41 Å². The Labute approximate surface area is 83.8 Å². The molecular weight excluding hydrogens is 176 g/mol. The van der Waals surface area contributed by atoms with Crippen molar-refractivity contribution in [3.63, 3.8) is 0 Å². The molecule has 1 unspecified atom stereocenters. The zero-order chi connectivity index (χ0) is 9.43. The van der Waals surface area contributed by atoms with Crippen LogP contribution in [0, 0.1) is 0 Å². The Morgan fingerprint density at radius 3 is 2.86 bits per heavy atom. The molecule has 3 heterocycles. The monoisotopic (exact) mass is 192 g/mol. The van der Waals surface area contributed by atoms with E-state index in [4.69, 9.17) is 4.74 Å². The summed E-state index contributed by atoms with van der Waals surface area (Å²) in [6.07, 6.45) is 6.71. The summed E-state index contributed by atoms with van der Waals surface area (Å²) < 4.78 is 5.42. The quantitative estimate of drug-likeness (QED) is 0.734. The van der Waals surface area contributed by atoms with E-state index in [0.717, 1.165) is 19.8 Å². The van der Waals surface area contributed by atoms with Crippen LogP contribution >= 0.6 is 0 Å². The number of nitrogens with one attached hydrogen (secondary N) is 2. The Kier molecular flexibility index (Phi) is 1.89. The molecule has 0 spiro atoms. The normalized spacial score (nSPS) is 30.1. The van der Waals surface area contributed by atoms with Gasteiger partial charge in [-0.25, -0.2) is 0 Å². The highest BCUT2D eigenvalue weighted by molar-refractivity contribution is 5.28. The fourth-order valence-electron chi connectivity index (χ4n) is 2.68. The van der Waals surface area contributed by atoms with E-state index in [0.29, 0.717) is 6.04 Å². The Balaban J connectivity index is 1.90. The van der Waals surface area contributed by atoms with Crippen molar-refractivity contribution < 1.29 is 4.74 Å². The average Bonchev–Trinajstić information content (AvgIpc) is 2.71. The van der Waals surface area contributed by atoms with Crippen LogP contribution in [0.15, 0.2) is 18.5 Å². The number of ether oxygens (including phenoxy) is 1. The first-order chi connectivity index (χ1) is 6.92. The van der Waals surface area contributed by atoms with Gasteiger partial charge in [-0.15, -0.1) is 0 Å². The van der Waals surface area contributed by atoms with E-state index >= 15 is 0 Å². The van der Waals surface area contributed by atoms with Crippen LogP contribution in [0.2, 0.25) is 0 Å². The number of aromatic amines is 1. The molecule has 0 aliphatic carbocycles. The van der Waals surface area contributed by atoms with Gasteiger partial charge >= 0.3 is 0 Å². The fraction of sp³-hybridized carbons (Fsp3) is 0.636. The first-order valence-electron chi connectivity index (χ1n) is 5.36. The minimum absolute atomic E-state index is 0.260. The molecule has 2 N–H and O–H groups in total. The summed E-state index contributed by atoms with van der Waals surface area (Å²) in [5, 5.41) is 3.59. The van der Waals surface area contributed by atoms with Gasteiger partial charge in [0.15, 0.2) is 0 Å². The smallest absolute Gasteiger partial charge is 0.0601 e. The van der Waals surface area contributed by atoms with E-state index in [9.17, 15) is 0 Å². The van der Waals surface area contributed by atoms with E-state index in [1.807, 2.05) is 6.20 Å². The largest absolute Gasteiger partial charge is 0.379 e. The molecule has 1 aromatic rings. The minimum atomic E-state index is 0.260. The van der Waals surface area contributed by atoms with Gasteiger partial charge in [0.1, 0.15) is 0 Å². The van der Waals surface area contributed by atoms with Gasteiger partial charge < -0.3 is 15.0 Å². The molecule has 2 aliphatic rings. The average molecular weight is 192 g/mol. The van der Waals surface area contributed by atoms with Crippen LogP contribution in [0.3, 0.4) is 0 Å². The highest BCUT2D eigenvalue weighted by Crippen LogP contribution is 2.38. The molecule has 1 aromatic heterocycles. The second kappa shape index (κ2) is 3.11. The van der Waals surface area contributed by atoms with Gasteiger partial charge in [-0.1, -0.05) is 0 Å². The third kappa shape index (κ3) is 1.06. The second-order valence-electron chi connectivity index (χ2n) is 4.40. The zero-order valence-corrected chi connectivity index (χ0v) is 8.25. The van der Waals surface area contributed by atoms with Gasteiger partial charge in [-0.05, 0) is 31.0 Å². The molecule has 0 saturated carbocycles. The van der Waals surface area contributed by atoms with Gasteiger partial charge in [0.25, 0.3) is 0 Å². The molecule has 0 bridgehead atoms. The van der Waals surface area contributed by atoms with Crippen LogP contribution in [0.5, 0.6) is 0 Å². The Bertz CT molecular complexity index is 297. The molecule has 0 aromatic carbocycles. The summed E-state index contributed by atoms with van der Waals surface area (Å²) in [7, 11) is 0. The molecule has 3 rings (SSSR count). The van der Waals surface area contributed by atoms with Crippen LogP contribution in [-0.4, -0.2) is 30.8 Å². The maximum atomic E-state index is 5.42. The molecule has 0 amide bonds. The summed E-state index contributed by atoms with van der Waals surface area (Å²) in [6.45, 7) is 2.92. The van der Waals surface area contributed by atoms with Crippen molar-refractivity contribution in [3.05, 3.63) is 24.0 Å². The molecule has 2 fully saturated rings.